The van der Waals surface area contributed by atoms with Crippen molar-refractivity contribution in [2.75, 3.05) is 0 Å². The molecule has 0 heterocycles. The highest BCUT2D eigenvalue weighted by atomic mass is 16.6. The van der Waals surface area contributed by atoms with Crippen LogP contribution in [0.4, 0.5) is 0 Å². The van der Waals surface area contributed by atoms with E-state index < -0.39 is 24.3 Å². The minimum absolute atomic E-state index is 0.409. The Balaban J connectivity index is 2.46. The first-order valence-corrected chi connectivity index (χ1v) is 4.14. The molecule has 1 rings (SSSR count). The van der Waals surface area contributed by atoms with E-state index in [1.807, 2.05) is 0 Å². The van der Waals surface area contributed by atoms with Gasteiger partial charge in [0.25, 0.3) is 0 Å². The van der Waals surface area contributed by atoms with Crippen LogP contribution in [0.25, 0.3) is 0 Å². The fourth-order valence-electron chi connectivity index (χ4n) is 1.46. The van der Waals surface area contributed by atoms with Gasteiger partial charge in [0.1, 0.15) is 12.2 Å². The molecule has 0 spiro atoms. The molecule has 0 aliphatic heterocycles. The van der Waals surface area contributed by atoms with E-state index in [1.165, 1.54) is 6.92 Å². The Morgan fingerprint density at radius 1 is 1.42 bits per heavy atom. The first-order valence-electron chi connectivity index (χ1n) is 4.14. The predicted molar refractivity (Wildman–Crippen MR) is 41.4 cm³/mol. The van der Waals surface area contributed by atoms with Crippen molar-refractivity contribution in [1.82, 2.24) is 0 Å². The van der Waals surface area contributed by atoms with Crippen molar-refractivity contribution in [3.63, 3.8) is 0 Å². The van der Waals surface area contributed by atoms with Crippen LogP contribution in [0.1, 0.15) is 26.2 Å². The van der Waals surface area contributed by atoms with Gasteiger partial charge < -0.3 is 14.9 Å². The Morgan fingerprint density at radius 2 is 2.08 bits per heavy atom. The zero-order valence-electron chi connectivity index (χ0n) is 7.06. The third kappa shape index (κ3) is 2.19. The largest absolute Gasteiger partial charge is 0.460 e. The van der Waals surface area contributed by atoms with Crippen LogP contribution >= 0.6 is 0 Å². The zero-order chi connectivity index (χ0) is 9.14. The van der Waals surface area contributed by atoms with E-state index in [2.05, 4.69) is 0 Å². The molecule has 4 heteroatoms. The maximum Gasteiger partial charge on any atom is 0.302 e. The van der Waals surface area contributed by atoms with Crippen molar-refractivity contribution >= 4 is 5.97 Å². The topological polar surface area (TPSA) is 66.8 Å². The van der Waals surface area contributed by atoms with Gasteiger partial charge in [-0.2, -0.15) is 0 Å². The van der Waals surface area contributed by atoms with E-state index in [-0.39, 0.29) is 0 Å². The van der Waals surface area contributed by atoms with Crippen molar-refractivity contribution in [2.24, 2.45) is 0 Å². The first kappa shape index (κ1) is 9.48. The Labute approximate surface area is 71.2 Å². The smallest absolute Gasteiger partial charge is 0.302 e. The van der Waals surface area contributed by atoms with Crippen LogP contribution in [0.2, 0.25) is 0 Å². The van der Waals surface area contributed by atoms with E-state index in [0.717, 1.165) is 6.42 Å². The third-order valence-electron chi connectivity index (χ3n) is 2.08. The summed E-state index contributed by atoms with van der Waals surface area (Å²) in [6, 6.07) is 0. The van der Waals surface area contributed by atoms with Crippen LogP contribution in [0.3, 0.4) is 0 Å². The molecule has 1 aliphatic carbocycles. The highest BCUT2D eigenvalue weighted by molar-refractivity contribution is 5.66. The quantitative estimate of drug-likeness (QED) is 0.541. The summed E-state index contributed by atoms with van der Waals surface area (Å²) in [6.07, 6.45) is -0.176. The second kappa shape index (κ2) is 3.87. The van der Waals surface area contributed by atoms with Crippen molar-refractivity contribution in [3.05, 3.63) is 0 Å². The molecule has 2 N–H and O–H groups in total. The lowest BCUT2D eigenvalue weighted by Crippen LogP contribution is -2.43. The molecular formula is C8H14O4. The number of carbonyl (C=O) groups is 1. The lowest BCUT2D eigenvalue weighted by molar-refractivity contribution is -0.162. The molecule has 12 heavy (non-hydrogen) atoms. The van der Waals surface area contributed by atoms with Crippen molar-refractivity contribution in [2.45, 2.75) is 44.5 Å². The lowest BCUT2D eigenvalue weighted by Gasteiger charge is -2.30. The number of aliphatic hydroxyl groups is 2. The summed E-state index contributed by atoms with van der Waals surface area (Å²) >= 11 is 0. The molecule has 4 nitrogen and oxygen atoms in total. The Morgan fingerprint density at radius 3 is 2.67 bits per heavy atom. The van der Waals surface area contributed by atoms with E-state index in [9.17, 15) is 15.0 Å². The normalized spacial score (nSPS) is 36.1. The van der Waals surface area contributed by atoms with Crippen molar-refractivity contribution in [3.8, 4) is 0 Å². The highest BCUT2D eigenvalue weighted by Crippen LogP contribution is 2.21. The zero-order valence-corrected chi connectivity index (χ0v) is 7.06. The highest BCUT2D eigenvalue weighted by Gasteiger charge is 2.32. The van der Waals surface area contributed by atoms with E-state index in [4.69, 9.17) is 4.74 Å². The minimum atomic E-state index is -0.914. The van der Waals surface area contributed by atoms with Crippen molar-refractivity contribution in [1.29, 1.82) is 0 Å². The first-order chi connectivity index (χ1) is 5.61. The number of aliphatic hydroxyl groups excluding tert-OH is 2. The molecule has 0 amide bonds. The molecule has 3 atom stereocenters. The SMILES string of the molecule is CC(=O)O[C@@H]1CCC[C@@H](O)[C@H]1O. The summed E-state index contributed by atoms with van der Waals surface area (Å²) < 4.78 is 4.82. The second-order valence-corrected chi connectivity index (χ2v) is 3.14. The monoisotopic (exact) mass is 174 g/mol. The summed E-state index contributed by atoms with van der Waals surface area (Å²) in [4.78, 5) is 10.5. The maximum absolute atomic E-state index is 10.5. The second-order valence-electron chi connectivity index (χ2n) is 3.14. The number of esters is 1. The van der Waals surface area contributed by atoms with Gasteiger partial charge in [0.15, 0.2) is 0 Å². The van der Waals surface area contributed by atoms with Gasteiger partial charge >= 0.3 is 5.97 Å². The van der Waals surface area contributed by atoms with Crippen LogP contribution in [0.5, 0.6) is 0 Å². The molecule has 0 aromatic heterocycles. The predicted octanol–water partition coefficient (Wildman–Crippen LogP) is -0.176. The Hall–Kier alpha value is -0.610. The molecular weight excluding hydrogens is 160 g/mol. The van der Waals surface area contributed by atoms with Gasteiger partial charge in [0, 0.05) is 6.92 Å². The summed E-state index contributed by atoms with van der Waals surface area (Å²) in [5.74, 6) is -0.409. The molecule has 1 aliphatic rings. The number of ether oxygens (including phenoxy) is 1. The number of hydrogen-bond donors (Lipinski definition) is 2. The van der Waals surface area contributed by atoms with E-state index >= 15 is 0 Å². The fourth-order valence-corrected chi connectivity index (χ4v) is 1.46. The van der Waals surface area contributed by atoms with Crippen LogP contribution in [-0.2, 0) is 9.53 Å². The van der Waals surface area contributed by atoms with Crippen LogP contribution in [0, 0.1) is 0 Å². The molecule has 1 saturated carbocycles. The van der Waals surface area contributed by atoms with Gasteiger partial charge in [0.05, 0.1) is 6.10 Å². The Kier molecular flexibility index (Phi) is 3.05. The molecule has 0 radical (unpaired) electrons. The fraction of sp³-hybridized carbons (Fsp3) is 0.875. The van der Waals surface area contributed by atoms with Crippen molar-refractivity contribution < 1.29 is 19.7 Å². The van der Waals surface area contributed by atoms with Gasteiger partial charge in [-0.3, -0.25) is 4.79 Å². The van der Waals surface area contributed by atoms with Gasteiger partial charge in [-0.05, 0) is 19.3 Å². The average molecular weight is 174 g/mol. The van der Waals surface area contributed by atoms with E-state index in [0.29, 0.717) is 12.8 Å². The summed E-state index contributed by atoms with van der Waals surface area (Å²) in [5, 5.41) is 18.6. The molecule has 0 aromatic carbocycles. The molecule has 0 unspecified atom stereocenters. The number of rotatable bonds is 1. The van der Waals surface area contributed by atoms with Gasteiger partial charge in [-0.15, -0.1) is 0 Å². The van der Waals surface area contributed by atoms with Crippen LogP contribution < -0.4 is 0 Å². The maximum atomic E-state index is 10.5. The van der Waals surface area contributed by atoms with Crippen LogP contribution in [0.15, 0.2) is 0 Å². The number of carbonyl (C=O) groups excluding carboxylic acids is 1. The number of hydrogen-bond acceptors (Lipinski definition) is 4. The van der Waals surface area contributed by atoms with E-state index in [1.54, 1.807) is 0 Å². The molecule has 0 saturated heterocycles. The van der Waals surface area contributed by atoms with Gasteiger partial charge in [-0.25, -0.2) is 0 Å². The van der Waals surface area contributed by atoms with Crippen LogP contribution in [-0.4, -0.2) is 34.5 Å². The van der Waals surface area contributed by atoms with Gasteiger partial charge in [0.2, 0.25) is 0 Å². The lowest BCUT2D eigenvalue weighted by atomic mass is 9.92. The molecule has 70 valence electrons. The average Bonchev–Trinajstić information content (AvgIpc) is 1.98. The Bertz CT molecular complexity index is 168. The van der Waals surface area contributed by atoms with Gasteiger partial charge in [-0.1, -0.05) is 0 Å². The summed E-state index contributed by atoms with van der Waals surface area (Å²) in [5.41, 5.74) is 0. The molecule has 0 aromatic rings. The molecule has 1 fully saturated rings. The standard InChI is InChI=1S/C8H14O4/c1-5(9)12-7-4-2-3-6(10)8(7)11/h6-8,10-11H,2-4H2,1H3/t6-,7-,8-/m1/s1. The molecule has 0 bridgehead atoms. The summed E-state index contributed by atoms with van der Waals surface area (Å²) in [6.45, 7) is 1.30. The summed E-state index contributed by atoms with van der Waals surface area (Å²) in [7, 11) is 0. The minimum Gasteiger partial charge on any atom is -0.460 e. The third-order valence-corrected chi connectivity index (χ3v) is 2.08.